The van der Waals surface area contributed by atoms with Gasteiger partial charge in [-0.3, -0.25) is 0 Å². The lowest BCUT2D eigenvalue weighted by Gasteiger charge is -2.08. The van der Waals surface area contributed by atoms with E-state index in [1.165, 1.54) is 24.3 Å². The molecule has 0 saturated heterocycles. The quantitative estimate of drug-likeness (QED) is 0.628. The van der Waals surface area contributed by atoms with E-state index in [0.29, 0.717) is 15.6 Å². The van der Waals surface area contributed by atoms with Gasteiger partial charge < -0.3 is 0 Å². The van der Waals surface area contributed by atoms with Gasteiger partial charge in [0.25, 0.3) is 0 Å². The zero-order valence-corrected chi connectivity index (χ0v) is 10.5. The first-order valence-electron chi connectivity index (χ1n) is 5.00. The van der Waals surface area contributed by atoms with Gasteiger partial charge in [-0.1, -0.05) is 28.1 Å². The average Bonchev–Trinajstić information content (AvgIpc) is 2.27. The minimum atomic E-state index is -4.36. The van der Waals surface area contributed by atoms with E-state index in [4.69, 9.17) is 0 Å². The summed E-state index contributed by atoms with van der Waals surface area (Å²) >= 11 is 3.14. The molecule has 0 aliphatic heterocycles. The Hall–Kier alpha value is -1.36. The first-order valence-corrected chi connectivity index (χ1v) is 5.79. The molecule has 0 unspecified atom stereocenters. The molecule has 0 nitrogen and oxygen atoms in total. The molecule has 0 radical (unpaired) electrons. The Labute approximate surface area is 109 Å². The summed E-state index contributed by atoms with van der Waals surface area (Å²) in [6, 6.07) is 8.81. The van der Waals surface area contributed by atoms with Crippen LogP contribution < -0.4 is 0 Å². The molecule has 0 saturated carbocycles. The third-order valence-corrected chi connectivity index (χ3v) is 2.87. The van der Waals surface area contributed by atoms with Crippen LogP contribution >= 0.6 is 15.9 Å². The lowest BCUT2D eigenvalue weighted by molar-refractivity contribution is -0.137. The molecule has 0 heterocycles. The van der Waals surface area contributed by atoms with Gasteiger partial charge in [0, 0.05) is 4.47 Å². The zero-order chi connectivity index (χ0) is 13.3. The fourth-order valence-electron chi connectivity index (χ4n) is 1.57. The van der Waals surface area contributed by atoms with Crippen LogP contribution in [0.5, 0.6) is 0 Å². The van der Waals surface area contributed by atoms with Crippen molar-refractivity contribution in [3.8, 4) is 11.1 Å². The molecule has 94 valence electrons. The minimum Gasteiger partial charge on any atom is -0.207 e. The van der Waals surface area contributed by atoms with E-state index in [0.717, 1.165) is 12.1 Å². The molecule has 0 aromatic heterocycles. The first kappa shape index (κ1) is 13.1. The summed E-state index contributed by atoms with van der Waals surface area (Å²) in [7, 11) is 0. The molecule has 2 aromatic rings. The average molecular weight is 319 g/mol. The van der Waals surface area contributed by atoms with Crippen LogP contribution in [-0.4, -0.2) is 0 Å². The normalized spacial score (nSPS) is 11.6. The lowest BCUT2D eigenvalue weighted by Crippen LogP contribution is -2.03. The highest BCUT2D eigenvalue weighted by Gasteiger charge is 2.29. The summed E-state index contributed by atoms with van der Waals surface area (Å²) in [4.78, 5) is 0. The van der Waals surface area contributed by atoms with Gasteiger partial charge in [-0.2, -0.15) is 13.2 Å². The van der Waals surface area contributed by atoms with E-state index in [2.05, 4.69) is 15.9 Å². The third-order valence-electron chi connectivity index (χ3n) is 2.41. The Kier molecular flexibility index (Phi) is 3.43. The molecule has 0 N–H and O–H groups in total. The summed E-state index contributed by atoms with van der Waals surface area (Å²) in [5.41, 5.74) is 0.334. The molecular formula is C13H7BrF4. The van der Waals surface area contributed by atoms with Crippen molar-refractivity contribution < 1.29 is 17.6 Å². The Morgan fingerprint density at radius 2 is 1.44 bits per heavy atom. The fraction of sp³-hybridized carbons (Fsp3) is 0.0769. The Morgan fingerprint density at radius 1 is 0.833 bits per heavy atom. The zero-order valence-electron chi connectivity index (χ0n) is 8.93. The highest BCUT2D eigenvalue weighted by atomic mass is 79.9. The molecule has 0 atom stereocenters. The summed E-state index contributed by atoms with van der Waals surface area (Å²) in [6.45, 7) is 0. The Bertz CT molecular complexity index is 538. The van der Waals surface area contributed by atoms with Crippen LogP contribution in [0.25, 0.3) is 11.1 Å². The maximum absolute atomic E-state index is 13.2. The maximum atomic E-state index is 13.2. The number of rotatable bonds is 1. The standard InChI is InChI=1S/C13H7BrF4/c14-11-5-9(6-12(15)7-11)8-1-3-10(4-2-8)13(16,17)18/h1-7H. The van der Waals surface area contributed by atoms with E-state index < -0.39 is 17.6 Å². The van der Waals surface area contributed by atoms with Crippen LogP contribution in [0.15, 0.2) is 46.9 Å². The fourth-order valence-corrected chi connectivity index (χ4v) is 2.04. The number of hydrogen-bond acceptors (Lipinski definition) is 0. The van der Waals surface area contributed by atoms with Crippen LogP contribution in [0.2, 0.25) is 0 Å². The van der Waals surface area contributed by atoms with Gasteiger partial charge in [-0.25, -0.2) is 4.39 Å². The van der Waals surface area contributed by atoms with E-state index in [-0.39, 0.29) is 0 Å². The second-order valence-corrected chi connectivity index (χ2v) is 4.65. The number of alkyl halides is 3. The lowest BCUT2D eigenvalue weighted by atomic mass is 10.0. The van der Waals surface area contributed by atoms with Crippen LogP contribution in [0.4, 0.5) is 17.6 Å². The van der Waals surface area contributed by atoms with Gasteiger partial charge in [0.2, 0.25) is 0 Å². The number of halogens is 5. The van der Waals surface area contributed by atoms with Crippen LogP contribution in [-0.2, 0) is 6.18 Å². The molecule has 0 bridgehead atoms. The van der Waals surface area contributed by atoms with E-state index in [1.54, 1.807) is 6.07 Å². The first-order chi connectivity index (χ1) is 8.36. The Morgan fingerprint density at radius 3 is 1.94 bits per heavy atom. The smallest absolute Gasteiger partial charge is 0.207 e. The molecule has 0 aliphatic carbocycles. The second kappa shape index (κ2) is 4.72. The molecule has 0 spiro atoms. The molecule has 0 amide bonds. The molecule has 0 aliphatic rings. The molecule has 2 aromatic carbocycles. The Balaban J connectivity index is 2.40. The van der Waals surface area contributed by atoms with Crippen molar-refractivity contribution in [1.29, 1.82) is 0 Å². The van der Waals surface area contributed by atoms with Crippen molar-refractivity contribution in [3.05, 3.63) is 58.3 Å². The van der Waals surface area contributed by atoms with Crippen molar-refractivity contribution >= 4 is 15.9 Å². The van der Waals surface area contributed by atoms with E-state index in [9.17, 15) is 17.6 Å². The summed E-state index contributed by atoms with van der Waals surface area (Å²) in [5.74, 6) is -0.445. The maximum Gasteiger partial charge on any atom is 0.416 e. The van der Waals surface area contributed by atoms with E-state index in [1.807, 2.05) is 0 Å². The summed E-state index contributed by atoms with van der Waals surface area (Å²) in [6.07, 6.45) is -4.36. The number of benzene rings is 2. The molecule has 2 rings (SSSR count). The molecule has 5 heteroatoms. The summed E-state index contributed by atoms with van der Waals surface area (Å²) in [5, 5.41) is 0. The van der Waals surface area contributed by atoms with Crippen molar-refractivity contribution in [2.24, 2.45) is 0 Å². The van der Waals surface area contributed by atoms with Crippen molar-refractivity contribution in [3.63, 3.8) is 0 Å². The molecule has 18 heavy (non-hydrogen) atoms. The minimum absolute atomic E-state index is 0.445. The molecule has 0 fully saturated rings. The van der Waals surface area contributed by atoms with Crippen molar-refractivity contribution in [2.75, 3.05) is 0 Å². The highest BCUT2D eigenvalue weighted by molar-refractivity contribution is 9.10. The molecular weight excluding hydrogens is 312 g/mol. The van der Waals surface area contributed by atoms with Crippen molar-refractivity contribution in [1.82, 2.24) is 0 Å². The van der Waals surface area contributed by atoms with Gasteiger partial charge in [0.05, 0.1) is 5.56 Å². The third kappa shape index (κ3) is 2.90. The SMILES string of the molecule is Fc1cc(Br)cc(-c2ccc(C(F)(F)F)cc2)c1. The van der Waals surface area contributed by atoms with Crippen LogP contribution in [0.1, 0.15) is 5.56 Å². The summed E-state index contributed by atoms with van der Waals surface area (Å²) < 4.78 is 50.9. The van der Waals surface area contributed by atoms with Gasteiger partial charge in [0.15, 0.2) is 0 Å². The van der Waals surface area contributed by atoms with Gasteiger partial charge >= 0.3 is 6.18 Å². The number of hydrogen-bond donors (Lipinski definition) is 0. The van der Waals surface area contributed by atoms with Crippen LogP contribution in [0, 0.1) is 5.82 Å². The van der Waals surface area contributed by atoms with Gasteiger partial charge in [0.1, 0.15) is 5.82 Å². The highest BCUT2D eigenvalue weighted by Crippen LogP contribution is 2.31. The van der Waals surface area contributed by atoms with E-state index >= 15 is 0 Å². The monoisotopic (exact) mass is 318 g/mol. The topological polar surface area (TPSA) is 0 Å². The van der Waals surface area contributed by atoms with Gasteiger partial charge in [-0.15, -0.1) is 0 Å². The largest absolute Gasteiger partial charge is 0.416 e. The predicted molar refractivity (Wildman–Crippen MR) is 64.5 cm³/mol. The second-order valence-electron chi connectivity index (χ2n) is 3.73. The van der Waals surface area contributed by atoms with Crippen molar-refractivity contribution in [2.45, 2.75) is 6.18 Å². The van der Waals surface area contributed by atoms with Crippen LogP contribution in [0.3, 0.4) is 0 Å². The van der Waals surface area contributed by atoms with Gasteiger partial charge in [-0.05, 0) is 41.5 Å². The predicted octanol–water partition coefficient (Wildman–Crippen LogP) is 5.27.